The highest BCUT2D eigenvalue weighted by Crippen LogP contribution is 2.35. The van der Waals surface area contributed by atoms with Gasteiger partial charge in [0.15, 0.2) is 0 Å². The molecule has 2 atom stereocenters. The largest absolute Gasteiger partial charge is 0.496 e. The summed E-state index contributed by atoms with van der Waals surface area (Å²) in [5.74, 6) is 0.0325. The van der Waals surface area contributed by atoms with Crippen molar-refractivity contribution in [3.8, 4) is 5.75 Å². The maximum Gasteiger partial charge on any atom is 0.256 e. The number of rotatable bonds is 12. The molecule has 1 aliphatic rings. The summed E-state index contributed by atoms with van der Waals surface area (Å²) in [7, 11) is 1.62. The maximum atomic E-state index is 13.4. The molecule has 9 heteroatoms. The smallest absolute Gasteiger partial charge is 0.256 e. The minimum Gasteiger partial charge on any atom is -0.496 e. The topological polar surface area (TPSA) is 133 Å². The molecule has 4 aromatic rings. The van der Waals surface area contributed by atoms with Gasteiger partial charge in [0.2, 0.25) is 0 Å². The van der Waals surface area contributed by atoms with Crippen molar-refractivity contribution < 1.29 is 24.2 Å². The van der Waals surface area contributed by atoms with E-state index in [-0.39, 0.29) is 36.3 Å². The predicted octanol–water partition coefficient (Wildman–Crippen LogP) is 5.91. The quantitative estimate of drug-likeness (QED) is 0.126. The van der Waals surface area contributed by atoms with Gasteiger partial charge in [-0.3, -0.25) is 14.4 Å². The Kier molecular flexibility index (Phi) is 10.0. The summed E-state index contributed by atoms with van der Waals surface area (Å²) in [4.78, 5) is 42.8. The molecule has 0 radical (unpaired) electrons. The first-order valence-electron chi connectivity index (χ1n) is 15.5. The number of hydrogen-bond donors (Lipinski definition) is 5. The van der Waals surface area contributed by atoms with E-state index >= 15 is 0 Å². The van der Waals surface area contributed by atoms with Crippen LogP contribution in [0, 0.1) is 13.8 Å². The number of para-hydroxylation sites is 1. The Bertz CT molecular complexity index is 1780. The zero-order valence-corrected chi connectivity index (χ0v) is 26.6. The predicted molar refractivity (Wildman–Crippen MR) is 180 cm³/mol. The molecule has 3 amide bonds. The van der Waals surface area contributed by atoms with Crippen LogP contribution in [0.1, 0.15) is 86.1 Å². The highest BCUT2D eigenvalue weighted by atomic mass is 16.5. The lowest BCUT2D eigenvalue weighted by molar-refractivity contribution is -0.110. The molecule has 5 N–H and O–H groups in total. The van der Waals surface area contributed by atoms with Crippen molar-refractivity contribution in [2.45, 2.75) is 45.6 Å². The lowest BCUT2D eigenvalue weighted by Gasteiger charge is -2.19. The SMILES string of the molecule is COc1ccccc1C(CCO)CCNC(=O)c1c(C)[nH]c(/C=C2\C(=O)Nc3ccc(C(=O)N[C@H](C)c4ccccc4)cc32)c1C. The van der Waals surface area contributed by atoms with Crippen LogP contribution in [0.25, 0.3) is 11.6 Å². The Balaban J connectivity index is 1.31. The highest BCUT2D eigenvalue weighted by molar-refractivity contribution is 6.35. The molecule has 46 heavy (non-hydrogen) atoms. The van der Waals surface area contributed by atoms with Gasteiger partial charge < -0.3 is 30.8 Å². The number of aromatic nitrogens is 1. The number of fused-ring (bicyclic) bond motifs is 1. The molecular formula is C37H40N4O5. The Morgan fingerprint density at radius 2 is 1.72 bits per heavy atom. The number of aryl methyl sites for hydroxylation is 1. The summed E-state index contributed by atoms with van der Waals surface area (Å²) >= 11 is 0. The first kappa shape index (κ1) is 32.2. The van der Waals surface area contributed by atoms with Crippen LogP contribution in [0.5, 0.6) is 5.75 Å². The number of amides is 3. The second-order valence-corrected chi connectivity index (χ2v) is 11.5. The van der Waals surface area contributed by atoms with Gasteiger partial charge in [-0.15, -0.1) is 0 Å². The van der Waals surface area contributed by atoms with Gasteiger partial charge in [0.05, 0.1) is 24.3 Å². The van der Waals surface area contributed by atoms with E-state index in [1.165, 1.54) is 0 Å². The van der Waals surface area contributed by atoms with Gasteiger partial charge in [0.25, 0.3) is 17.7 Å². The Hall–Kier alpha value is -5.15. The van der Waals surface area contributed by atoms with E-state index in [0.29, 0.717) is 64.3 Å². The molecule has 0 spiro atoms. The zero-order chi connectivity index (χ0) is 32.8. The molecule has 5 rings (SSSR count). The molecule has 9 nitrogen and oxygen atoms in total. The van der Waals surface area contributed by atoms with Crippen molar-refractivity contribution in [2.24, 2.45) is 0 Å². The minimum atomic E-state index is -0.283. The van der Waals surface area contributed by atoms with Gasteiger partial charge in [0.1, 0.15) is 5.75 Å². The van der Waals surface area contributed by atoms with Gasteiger partial charge in [-0.05, 0) is 86.6 Å². The Labute approximate surface area is 269 Å². The first-order valence-corrected chi connectivity index (χ1v) is 15.5. The number of benzene rings is 3. The van der Waals surface area contributed by atoms with Crippen molar-refractivity contribution >= 4 is 35.1 Å². The fourth-order valence-corrected chi connectivity index (χ4v) is 6.04. The number of aliphatic hydroxyl groups is 1. The monoisotopic (exact) mass is 620 g/mol. The lowest BCUT2D eigenvalue weighted by Crippen LogP contribution is -2.26. The Morgan fingerprint density at radius 1 is 0.978 bits per heavy atom. The highest BCUT2D eigenvalue weighted by Gasteiger charge is 2.27. The normalized spacial score (nSPS) is 14.4. The van der Waals surface area contributed by atoms with Gasteiger partial charge in [0, 0.05) is 41.4 Å². The van der Waals surface area contributed by atoms with E-state index in [1.54, 1.807) is 31.4 Å². The van der Waals surface area contributed by atoms with Crippen molar-refractivity contribution in [3.05, 3.63) is 118 Å². The summed E-state index contributed by atoms with van der Waals surface area (Å²) in [5, 5.41) is 18.6. The number of carbonyl (C=O) groups excluding carboxylic acids is 3. The fourth-order valence-electron chi connectivity index (χ4n) is 6.04. The molecular weight excluding hydrogens is 580 g/mol. The van der Waals surface area contributed by atoms with Crippen molar-refractivity contribution in [2.75, 3.05) is 25.6 Å². The molecule has 0 aliphatic carbocycles. The van der Waals surface area contributed by atoms with E-state index in [0.717, 1.165) is 16.9 Å². The van der Waals surface area contributed by atoms with Crippen LogP contribution in [-0.2, 0) is 4.79 Å². The minimum absolute atomic E-state index is 0.0182. The van der Waals surface area contributed by atoms with Crippen LogP contribution in [0.3, 0.4) is 0 Å². The summed E-state index contributed by atoms with van der Waals surface area (Å²) in [6, 6.07) is 22.4. The van der Waals surface area contributed by atoms with Gasteiger partial charge >= 0.3 is 0 Å². The van der Waals surface area contributed by atoms with E-state index in [1.807, 2.05) is 75.4 Å². The van der Waals surface area contributed by atoms with E-state index in [4.69, 9.17) is 4.74 Å². The number of carbonyl (C=O) groups is 3. The fraction of sp³-hybridized carbons (Fsp3) is 0.270. The molecule has 0 fully saturated rings. The molecule has 1 unspecified atom stereocenters. The van der Waals surface area contributed by atoms with E-state index in [9.17, 15) is 19.5 Å². The van der Waals surface area contributed by atoms with Crippen LogP contribution in [-0.4, -0.2) is 48.1 Å². The molecule has 3 aromatic carbocycles. The van der Waals surface area contributed by atoms with Gasteiger partial charge in [-0.1, -0.05) is 48.5 Å². The third-order valence-corrected chi connectivity index (χ3v) is 8.54. The van der Waals surface area contributed by atoms with Crippen LogP contribution < -0.4 is 20.7 Å². The lowest BCUT2D eigenvalue weighted by atomic mass is 9.92. The molecule has 238 valence electrons. The zero-order valence-electron chi connectivity index (χ0n) is 26.6. The number of nitrogens with one attached hydrogen (secondary N) is 4. The van der Waals surface area contributed by atoms with Crippen molar-refractivity contribution in [3.63, 3.8) is 0 Å². The number of aromatic amines is 1. The van der Waals surface area contributed by atoms with Crippen molar-refractivity contribution in [1.29, 1.82) is 0 Å². The average molecular weight is 621 g/mol. The van der Waals surface area contributed by atoms with Crippen LogP contribution in [0.2, 0.25) is 0 Å². The Morgan fingerprint density at radius 3 is 2.46 bits per heavy atom. The first-order chi connectivity index (χ1) is 22.2. The number of anilines is 1. The number of ether oxygens (including phenoxy) is 1. The third kappa shape index (κ3) is 6.89. The van der Waals surface area contributed by atoms with Crippen LogP contribution >= 0.6 is 0 Å². The summed E-state index contributed by atoms with van der Waals surface area (Å²) in [6.07, 6.45) is 2.91. The molecule has 0 bridgehead atoms. The standard InChI is InChI=1S/C37H40N4O5/c1-22-32(39-24(3)34(22)37(45)38-18-16-26(17-19-42)28-12-8-9-13-33(28)46-4)21-30-29-20-27(14-15-31(29)41-36(30)44)35(43)40-23(2)25-10-6-5-7-11-25/h5-15,20-21,23,26,39,42H,16-19H2,1-4H3,(H,38,45)(H,40,43)(H,41,44)/b30-21-/t23-,26?/m1/s1. The second-order valence-electron chi connectivity index (χ2n) is 11.5. The second kappa shape index (κ2) is 14.3. The molecule has 1 aliphatic heterocycles. The third-order valence-electron chi connectivity index (χ3n) is 8.54. The van der Waals surface area contributed by atoms with Crippen molar-refractivity contribution in [1.82, 2.24) is 15.6 Å². The molecule has 0 saturated heterocycles. The molecule has 0 saturated carbocycles. The molecule has 1 aromatic heterocycles. The summed E-state index contributed by atoms with van der Waals surface area (Å²) in [6.45, 7) is 6.03. The van der Waals surface area contributed by atoms with Gasteiger partial charge in [-0.2, -0.15) is 0 Å². The number of aliphatic hydroxyl groups excluding tert-OH is 1. The number of hydrogen-bond acceptors (Lipinski definition) is 5. The van der Waals surface area contributed by atoms with Crippen LogP contribution in [0.4, 0.5) is 5.69 Å². The summed E-state index contributed by atoms with van der Waals surface area (Å²) in [5.41, 5.74) is 6.63. The van der Waals surface area contributed by atoms with Crippen LogP contribution in [0.15, 0.2) is 72.8 Å². The van der Waals surface area contributed by atoms with E-state index in [2.05, 4.69) is 20.9 Å². The number of H-pyrrole nitrogens is 1. The average Bonchev–Trinajstić information content (AvgIpc) is 3.53. The van der Waals surface area contributed by atoms with E-state index < -0.39 is 0 Å². The summed E-state index contributed by atoms with van der Waals surface area (Å²) < 4.78 is 5.51. The maximum absolute atomic E-state index is 13.4. The molecule has 2 heterocycles. The van der Waals surface area contributed by atoms with Gasteiger partial charge in [-0.25, -0.2) is 0 Å². The number of methoxy groups -OCH3 is 1.